The maximum atomic E-state index is 14.0. The summed E-state index contributed by atoms with van der Waals surface area (Å²) in [6.45, 7) is 7.41. The average Bonchev–Trinajstić information content (AvgIpc) is 4.14. The lowest BCUT2D eigenvalue weighted by Crippen LogP contribution is -2.56. The van der Waals surface area contributed by atoms with E-state index in [2.05, 4.69) is 58.9 Å². The standard InChI is InChI=1S/C47H57N7O10/c1-24-13-38(53(20-24)44(55)41(25(2)60-5)51-46(57)62-7)36-17-33-32-18-40-34(16-28(32)10-12-35(33)49-36)31-11-9-29(15-30(31)23-64-40)37-19-48-43(50-37)39-14-27(22-59-4)21-54(39)45(56)42(26(3)61-6)52-47(58)63-8/h9-12,15-16,18-19,24-27,38-39,41-42H,13-14,17,20-23H2,1-8H3,(H,48,50)(H,51,57)(H,52,58)/t24-,25+,26+,27-,38-,39-,41-,42-/m0/s1. The molecule has 8 atom stereocenters. The number of hydrogen-bond acceptors (Lipinski definition) is 12. The van der Waals surface area contributed by atoms with E-state index in [9.17, 15) is 19.2 Å². The number of aromatic amines is 1. The number of rotatable bonds is 13. The summed E-state index contributed by atoms with van der Waals surface area (Å²) in [5.41, 5.74) is 7.71. The van der Waals surface area contributed by atoms with Crippen LogP contribution in [-0.2, 0) is 46.3 Å². The van der Waals surface area contributed by atoms with Crippen LogP contribution in [0.5, 0.6) is 5.75 Å². The molecule has 4 aliphatic heterocycles. The van der Waals surface area contributed by atoms with Crippen molar-refractivity contribution < 1.29 is 47.6 Å². The molecule has 340 valence electrons. The van der Waals surface area contributed by atoms with Crippen molar-refractivity contribution in [1.82, 2.24) is 30.4 Å². The van der Waals surface area contributed by atoms with Gasteiger partial charge in [-0.25, -0.2) is 14.6 Å². The maximum absolute atomic E-state index is 14.0. The molecule has 1 aromatic heterocycles. The fraction of sp³-hybridized carbons (Fsp3) is 0.489. The van der Waals surface area contributed by atoms with Gasteiger partial charge in [-0.05, 0) is 89.9 Å². The number of fused-ring (bicyclic) bond motifs is 6. The molecule has 0 radical (unpaired) electrons. The van der Waals surface area contributed by atoms with E-state index in [1.54, 1.807) is 32.1 Å². The summed E-state index contributed by atoms with van der Waals surface area (Å²) in [7, 11) is 7.17. The number of carbonyl (C=O) groups is 4. The summed E-state index contributed by atoms with van der Waals surface area (Å²) >= 11 is 0. The molecule has 64 heavy (non-hydrogen) atoms. The highest BCUT2D eigenvalue weighted by atomic mass is 16.5. The predicted octanol–water partition coefficient (Wildman–Crippen LogP) is 5.71. The van der Waals surface area contributed by atoms with E-state index >= 15 is 0 Å². The summed E-state index contributed by atoms with van der Waals surface area (Å²) in [6, 6.07) is 12.2. The molecule has 2 fully saturated rings. The predicted molar refractivity (Wildman–Crippen MR) is 237 cm³/mol. The van der Waals surface area contributed by atoms with E-state index in [1.807, 2.05) is 11.0 Å². The minimum atomic E-state index is -0.963. The van der Waals surface area contributed by atoms with Crippen LogP contribution in [0.25, 0.3) is 33.2 Å². The molecule has 17 nitrogen and oxygen atoms in total. The zero-order valence-electron chi connectivity index (χ0n) is 37.6. The van der Waals surface area contributed by atoms with Gasteiger partial charge in [0.15, 0.2) is 0 Å². The number of ether oxygens (including phenoxy) is 6. The number of methoxy groups -OCH3 is 5. The average molecular weight is 880 g/mol. The second-order valence-electron chi connectivity index (χ2n) is 17.3. The minimum Gasteiger partial charge on any atom is -0.488 e. The highest BCUT2D eigenvalue weighted by molar-refractivity contribution is 6.06. The molecule has 2 saturated heterocycles. The van der Waals surface area contributed by atoms with E-state index in [1.165, 1.54) is 28.4 Å². The van der Waals surface area contributed by atoms with Crippen LogP contribution in [0.15, 0.2) is 53.7 Å². The van der Waals surface area contributed by atoms with Crippen molar-refractivity contribution in [2.75, 3.05) is 55.2 Å². The van der Waals surface area contributed by atoms with Gasteiger partial charge in [-0.1, -0.05) is 25.1 Å². The van der Waals surface area contributed by atoms with Crippen LogP contribution in [0.2, 0.25) is 0 Å². The van der Waals surface area contributed by atoms with Gasteiger partial charge in [-0.2, -0.15) is 0 Å². The van der Waals surface area contributed by atoms with E-state index in [4.69, 9.17) is 38.4 Å². The fourth-order valence-corrected chi connectivity index (χ4v) is 9.69. The number of alkyl carbamates (subject to hydrolysis) is 2. The Balaban J connectivity index is 1.02. The molecule has 17 heteroatoms. The van der Waals surface area contributed by atoms with E-state index in [-0.39, 0.29) is 35.7 Å². The van der Waals surface area contributed by atoms with Gasteiger partial charge in [-0.15, -0.1) is 0 Å². The second kappa shape index (κ2) is 18.6. The number of imidazole rings is 1. The Bertz CT molecular complexity index is 2470. The molecule has 0 saturated carbocycles. The largest absolute Gasteiger partial charge is 0.488 e. The zero-order valence-corrected chi connectivity index (χ0v) is 37.6. The molecular formula is C47H57N7O10. The van der Waals surface area contributed by atoms with Crippen molar-refractivity contribution >= 4 is 46.2 Å². The number of benzene rings is 3. The first-order valence-corrected chi connectivity index (χ1v) is 21.7. The number of amides is 4. The minimum absolute atomic E-state index is 0.0653. The van der Waals surface area contributed by atoms with Crippen molar-refractivity contribution in [1.29, 1.82) is 0 Å². The Hall–Kier alpha value is -6.04. The zero-order chi connectivity index (χ0) is 45.4. The Labute approximate surface area is 372 Å². The highest BCUT2D eigenvalue weighted by Gasteiger charge is 2.44. The monoisotopic (exact) mass is 879 g/mol. The lowest BCUT2D eigenvalue weighted by Gasteiger charge is -2.31. The molecular weight excluding hydrogens is 823 g/mol. The van der Waals surface area contributed by atoms with Crippen LogP contribution in [0.1, 0.15) is 56.6 Å². The van der Waals surface area contributed by atoms with Crippen molar-refractivity contribution in [2.45, 2.75) is 83.0 Å². The van der Waals surface area contributed by atoms with Gasteiger partial charge in [0.25, 0.3) is 0 Å². The Kier molecular flexibility index (Phi) is 12.9. The number of aliphatic imine (C=N–C) groups is 1. The summed E-state index contributed by atoms with van der Waals surface area (Å²) in [4.78, 5) is 69.5. The molecule has 0 spiro atoms. The fourth-order valence-electron chi connectivity index (χ4n) is 9.69. The first kappa shape index (κ1) is 44.6. The summed E-state index contributed by atoms with van der Waals surface area (Å²) in [5, 5.41) is 7.44. The molecule has 8 rings (SSSR count). The third kappa shape index (κ3) is 8.51. The number of hydrogen-bond donors (Lipinski definition) is 3. The van der Waals surface area contributed by atoms with Crippen molar-refractivity contribution in [3.05, 3.63) is 65.6 Å². The molecule has 0 unspecified atom stereocenters. The van der Waals surface area contributed by atoms with E-state index in [0.717, 1.165) is 67.9 Å². The van der Waals surface area contributed by atoms with Gasteiger partial charge in [0, 0.05) is 58.0 Å². The van der Waals surface area contributed by atoms with Crippen LogP contribution in [-0.4, -0.2) is 135 Å². The lowest BCUT2D eigenvalue weighted by atomic mass is 9.90. The molecule has 0 bridgehead atoms. The summed E-state index contributed by atoms with van der Waals surface area (Å²) in [5.74, 6) is 1.21. The lowest BCUT2D eigenvalue weighted by molar-refractivity contribution is -0.138. The number of likely N-dealkylation sites (tertiary alicyclic amines) is 2. The first-order valence-electron chi connectivity index (χ1n) is 21.7. The van der Waals surface area contributed by atoms with Crippen molar-refractivity contribution in [3.8, 4) is 28.1 Å². The van der Waals surface area contributed by atoms with Gasteiger partial charge < -0.3 is 53.8 Å². The number of carbonyl (C=O) groups excluding carboxylic acids is 4. The summed E-state index contributed by atoms with van der Waals surface area (Å²) < 4.78 is 32.5. The van der Waals surface area contributed by atoms with Gasteiger partial charge in [0.2, 0.25) is 11.8 Å². The van der Waals surface area contributed by atoms with Crippen molar-refractivity contribution in [3.63, 3.8) is 0 Å². The number of aromatic nitrogens is 2. The molecule has 0 aliphatic carbocycles. The quantitative estimate of drug-likeness (QED) is 0.149. The topological polar surface area (TPSA) is 195 Å². The smallest absolute Gasteiger partial charge is 0.407 e. The third-order valence-corrected chi connectivity index (χ3v) is 13.2. The van der Waals surface area contributed by atoms with Crippen molar-refractivity contribution in [2.24, 2.45) is 16.8 Å². The normalized spacial score (nSPS) is 21.8. The molecule has 3 aromatic carbocycles. The van der Waals surface area contributed by atoms with Gasteiger partial charge in [-0.3, -0.25) is 14.6 Å². The van der Waals surface area contributed by atoms with Crippen LogP contribution in [0.3, 0.4) is 0 Å². The van der Waals surface area contributed by atoms with E-state index in [0.29, 0.717) is 45.0 Å². The number of nitrogens with one attached hydrogen (secondary N) is 3. The maximum Gasteiger partial charge on any atom is 0.407 e. The molecule has 4 aliphatic rings. The Morgan fingerprint density at radius 1 is 0.844 bits per heavy atom. The molecule has 4 aromatic rings. The first-order chi connectivity index (χ1) is 30.8. The summed E-state index contributed by atoms with van der Waals surface area (Å²) in [6.07, 6.45) is 1.17. The third-order valence-electron chi connectivity index (χ3n) is 13.2. The molecule has 5 heterocycles. The SMILES string of the molecule is COC[C@H]1C[C@@H](c2ncc(-c3ccc4c(c3)COc3cc5c6c(ccc5cc3-4)N=C([C@@H]3C[C@H](C)CN3C(=O)[C@@H](NC(=O)OC)[C@@H](C)OC)C6)[nH]2)N(C(=O)[C@@H](NC(=O)OC)[C@@H](C)OC)C1. The van der Waals surface area contributed by atoms with Crippen LogP contribution in [0, 0.1) is 11.8 Å². The van der Waals surface area contributed by atoms with E-state index < -0.39 is 36.5 Å². The molecule has 4 amide bonds. The molecule has 3 N–H and O–H groups in total. The van der Waals surface area contributed by atoms with Crippen LogP contribution in [0.4, 0.5) is 15.3 Å². The van der Waals surface area contributed by atoms with Gasteiger partial charge in [0.05, 0.1) is 62.7 Å². The second-order valence-corrected chi connectivity index (χ2v) is 17.3. The van der Waals surface area contributed by atoms with Gasteiger partial charge >= 0.3 is 12.2 Å². The Morgan fingerprint density at radius 2 is 1.53 bits per heavy atom. The number of nitrogens with zero attached hydrogens (tertiary/aromatic N) is 4. The van der Waals surface area contributed by atoms with Crippen LogP contribution >= 0.6 is 0 Å². The van der Waals surface area contributed by atoms with Gasteiger partial charge in [0.1, 0.15) is 30.3 Å². The van der Waals surface area contributed by atoms with Crippen LogP contribution < -0.4 is 15.4 Å². The highest BCUT2D eigenvalue weighted by Crippen LogP contribution is 2.45. The number of H-pyrrole nitrogens is 1. The Morgan fingerprint density at radius 3 is 2.19 bits per heavy atom.